The molecule has 3 amide bonds. The van der Waals surface area contributed by atoms with Gasteiger partial charge in [-0.15, -0.1) is 0 Å². The molecule has 0 aliphatic carbocycles. The minimum absolute atomic E-state index is 0.0602. The van der Waals surface area contributed by atoms with Crippen molar-refractivity contribution in [3.63, 3.8) is 0 Å². The first-order valence-electron chi connectivity index (χ1n) is 10.5. The molecule has 1 unspecified atom stereocenters. The fourth-order valence-electron chi connectivity index (χ4n) is 4.41. The van der Waals surface area contributed by atoms with Crippen molar-refractivity contribution in [3.05, 3.63) is 59.4 Å². The lowest BCUT2D eigenvalue weighted by Gasteiger charge is -2.42. The smallest absolute Gasteiger partial charge is 0.414 e. The third-order valence-corrected chi connectivity index (χ3v) is 5.84. The largest absolute Gasteiger partial charge is 0.442 e. The molecule has 13 heteroatoms. The zero-order valence-electron chi connectivity index (χ0n) is 18.0. The number of aliphatic hydroxyl groups is 4. The summed E-state index contributed by atoms with van der Waals surface area (Å²) >= 11 is 0. The molecule has 2 aromatic rings. The topological polar surface area (TPSA) is 160 Å². The van der Waals surface area contributed by atoms with Gasteiger partial charge in [0.25, 0.3) is 11.8 Å². The predicted octanol–water partition coefficient (Wildman–Crippen LogP) is -0.440. The molecular formula is C22H20FN3O9. The van der Waals surface area contributed by atoms with E-state index < -0.39 is 54.9 Å². The highest BCUT2D eigenvalue weighted by Crippen LogP contribution is 2.32. The molecule has 2 fully saturated rings. The van der Waals surface area contributed by atoms with Gasteiger partial charge in [0.05, 0.1) is 35.6 Å². The van der Waals surface area contributed by atoms with Gasteiger partial charge in [-0.2, -0.15) is 0 Å². The number of imide groups is 1. The number of hydrogen-bond acceptors (Lipinski definition) is 10. The van der Waals surface area contributed by atoms with Crippen molar-refractivity contribution in [1.29, 1.82) is 0 Å². The molecule has 3 heterocycles. The number of nitrogens with zero attached hydrogens (tertiary/aromatic N) is 3. The maximum absolute atomic E-state index is 14.9. The first kappa shape index (κ1) is 23.1. The zero-order chi connectivity index (χ0) is 25.1. The Morgan fingerprint density at radius 3 is 2.11 bits per heavy atom. The number of fused-ring (bicyclic) bond motifs is 1. The monoisotopic (exact) mass is 489 g/mol. The molecule has 35 heavy (non-hydrogen) atoms. The van der Waals surface area contributed by atoms with E-state index in [9.17, 15) is 39.2 Å². The number of ether oxygens (including phenoxy) is 2. The summed E-state index contributed by atoms with van der Waals surface area (Å²) in [6, 6.07) is 9.92. The number of β-amino-alcohol motifs (C(OH)–C–C–N with tert-alkyl or cyclic N) is 4. The summed E-state index contributed by atoms with van der Waals surface area (Å²) in [6.07, 6.45) is -1.65. The summed E-state index contributed by atoms with van der Waals surface area (Å²) in [5, 5.41) is 38.7. The van der Waals surface area contributed by atoms with Crippen LogP contribution in [-0.2, 0) is 9.47 Å². The minimum Gasteiger partial charge on any atom is -0.442 e. The van der Waals surface area contributed by atoms with E-state index >= 15 is 0 Å². The van der Waals surface area contributed by atoms with E-state index in [2.05, 4.69) is 4.74 Å². The van der Waals surface area contributed by atoms with Crippen LogP contribution in [0.5, 0.6) is 0 Å². The first-order chi connectivity index (χ1) is 16.4. The average molecular weight is 489 g/mol. The number of benzene rings is 2. The summed E-state index contributed by atoms with van der Waals surface area (Å²) in [5.74, 6) is -7.76. The Hall–Kier alpha value is -3.62. The molecular weight excluding hydrogens is 469 g/mol. The second-order valence-electron chi connectivity index (χ2n) is 8.46. The quantitative estimate of drug-likeness (QED) is 0.327. The van der Waals surface area contributed by atoms with Crippen LogP contribution < -0.4 is 9.80 Å². The van der Waals surface area contributed by atoms with E-state index in [1.165, 1.54) is 24.3 Å². The zero-order valence-corrected chi connectivity index (χ0v) is 18.0. The van der Waals surface area contributed by atoms with Crippen LogP contribution in [0.2, 0.25) is 0 Å². The molecule has 12 nitrogen and oxygen atoms in total. The van der Waals surface area contributed by atoms with Crippen molar-refractivity contribution in [1.82, 2.24) is 4.90 Å². The van der Waals surface area contributed by atoms with Gasteiger partial charge in [0, 0.05) is 0 Å². The van der Waals surface area contributed by atoms with Crippen molar-refractivity contribution >= 4 is 29.3 Å². The van der Waals surface area contributed by atoms with Gasteiger partial charge < -0.3 is 30.1 Å². The Bertz CT molecular complexity index is 1180. The minimum atomic E-state index is -2.94. The maximum Gasteiger partial charge on any atom is 0.414 e. The summed E-state index contributed by atoms with van der Waals surface area (Å²) in [5.41, 5.74) is 0.438. The number of anilines is 2. The SMILES string of the molecule is O=C1c2ccccc2C(=O)N1CC1CN(c2ccc(N3CC(O)(O)OC(O)(O)C3)c(F)c2)C(=O)O1. The molecule has 0 saturated carbocycles. The molecule has 184 valence electrons. The van der Waals surface area contributed by atoms with Gasteiger partial charge in [-0.1, -0.05) is 12.1 Å². The van der Waals surface area contributed by atoms with Gasteiger partial charge in [0.1, 0.15) is 25.0 Å². The highest BCUT2D eigenvalue weighted by molar-refractivity contribution is 6.21. The number of morpholine rings is 1. The van der Waals surface area contributed by atoms with E-state index in [1.807, 2.05) is 0 Å². The average Bonchev–Trinajstić information content (AvgIpc) is 3.24. The Morgan fingerprint density at radius 2 is 1.54 bits per heavy atom. The molecule has 0 spiro atoms. The number of carbonyl (C=O) groups excluding carboxylic acids is 3. The summed E-state index contributed by atoms with van der Waals surface area (Å²) in [4.78, 5) is 40.7. The normalized spacial score (nSPS) is 23.1. The predicted molar refractivity (Wildman–Crippen MR) is 113 cm³/mol. The van der Waals surface area contributed by atoms with Gasteiger partial charge in [-0.25, -0.2) is 9.18 Å². The van der Waals surface area contributed by atoms with Gasteiger partial charge in [-0.05, 0) is 30.3 Å². The van der Waals surface area contributed by atoms with Crippen LogP contribution in [0.1, 0.15) is 20.7 Å². The third-order valence-electron chi connectivity index (χ3n) is 5.84. The molecule has 2 aromatic carbocycles. The van der Waals surface area contributed by atoms with E-state index in [0.29, 0.717) is 0 Å². The molecule has 0 bridgehead atoms. The van der Waals surface area contributed by atoms with Crippen molar-refractivity contribution in [2.45, 2.75) is 18.1 Å². The summed E-state index contributed by atoms with van der Waals surface area (Å²) in [6.45, 7) is -1.59. The summed E-state index contributed by atoms with van der Waals surface area (Å²) < 4.78 is 24.5. The Labute approximate surface area is 196 Å². The van der Waals surface area contributed by atoms with Crippen molar-refractivity contribution < 1.29 is 48.7 Å². The molecule has 3 aliphatic heterocycles. The van der Waals surface area contributed by atoms with Crippen LogP contribution in [0.4, 0.5) is 20.6 Å². The van der Waals surface area contributed by atoms with Gasteiger partial charge in [-0.3, -0.25) is 24.1 Å². The molecule has 5 rings (SSSR count). The van der Waals surface area contributed by atoms with E-state index in [4.69, 9.17) is 4.74 Å². The number of cyclic esters (lactones) is 1. The van der Waals surface area contributed by atoms with Crippen molar-refractivity contribution in [2.24, 2.45) is 0 Å². The molecule has 0 radical (unpaired) electrons. The van der Waals surface area contributed by atoms with Crippen molar-refractivity contribution in [2.75, 3.05) is 36.0 Å². The second kappa shape index (κ2) is 7.96. The lowest BCUT2D eigenvalue weighted by molar-refractivity contribution is -0.474. The van der Waals surface area contributed by atoms with Gasteiger partial charge in [0.15, 0.2) is 0 Å². The van der Waals surface area contributed by atoms with Gasteiger partial charge >= 0.3 is 18.0 Å². The Morgan fingerprint density at radius 1 is 0.943 bits per heavy atom. The second-order valence-corrected chi connectivity index (χ2v) is 8.46. The fourth-order valence-corrected chi connectivity index (χ4v) is 4.41. The number of hydrogen-bond donors (Lipinski definition) is 4. The van der Waals surface area contributed by atoms with Crippen LogP contribution >= 0.6 is 0 Å². The molecule has 4 N–H and O–H groups in total. The van der Waals surface area contributed by atoms with Crippen LogP contribution in [0.3, 0.4) is 0 Å². The number of rotatable bonds is 4. The van der Waals surface area contributed by atoms with Crippen LogP contribution in [0, 0.1) is 5.82 Å². The number of carbonyl (C=O) groups is 3. The first-order valence-corrected chi connectivity index (χ1v) is 10.5. The van der Waals surface area contributed by atoms with Crippen LogP contribution in [0.15, 0.2) is 42.5 Å². The standard InChI is InChI=1S/C22H20FN3O9/c23-16-7-12(5-6-17(16)24-10-21(30,31)35-22(32,33)11-24)25-8-13(34-20(25)29)9-26-18(27)14-3-1-2-4-15(14)19(26)28/h1-7,13,30-33H,8-11H2. The maximum atomic E-state index is 14.9. The highest BCUT2D eigenvalue weighted by Gasteiger charge is 2.46. The van der Waals surface area contributed by atoms with E-state index in [1.54, 1.807) is 12.1 Å². The molecule has 0 aromatic heterocycles. The third kappa shape index (κ3) is 4.19. The number of halogens is 1. The fraction of sp³-hybridized carbons (Fsp3) is 0.318. The number of amides is 3. The Balaban J connectivity index is 1.30. The Kier molecular flexibility index (Phi) is 5.27. The van der Waals surface area contributed by atoms with E-state index in [-0.39, 0.29) is 35.6 Å². The van der Waals surface area contributed by atoms with Crippen molar-refractivity contribution in [3.8, 4) is 0 Å². The van der Waals surface area contributed by atoms with Gasteiger partial charge in [0.2, 0.25) is 0 Å². The molecule has 3 aliphatic rings. The van der Waals surface area contributed by atoms with E-state index in [0.717, 1.165) is 20.8 Å². The van der Waals surface area contributed by atoms with Crippen LogP contribution in [-0.4, -0.2) is 87.5 Å². The lowest BCUT2D eigenvalue weighted by Crippen LogP contribution is -2.62. The highest BCUT2D eigenvalue weighted by atomic mass is 19.1. The summed E-state index contributed by atoms with van der Waals surface area (Å²) in [7, 11) is 0. The molecule has 2 saturated heterocycles. The van der Waals surface area contributed by atoms with Crippen LogP contribution in [0.25, 0.3) is 0 Å². The lowest BCUT2D eigenvalue weighted by atomic mass is 10.1. The molecule has 1 atom stereocenters.